The first kappa shape index (κ1) is 18.5. The molecule has 0 saturated carbocycles. The average molecular weight is 276 g/mol. The van der Waals surface area contributed by atoms with E-state index in [1.807, 2.05) is 0 Å². The van der Waals surface area contributed by atoms with Crippen molar-refractivity contribution in [3.63, 3.8) is 0 Å². The average Bonchev–Trinajstić information content (AvgIpc) is 1.96. The molecule has 0 aromatic rings. The minimum atomic E-state index is -5.14. The Labute approximate surface area is 109 Å². The van der Waals surface area contributed by atoms with Crippen molar-refractivity contribution in [3.05, 3.63) is 0 Å². The normalized spacial score (nSPS) is 17.7. The van der Waals surface area contributed by atoms with Crippen molar-refractivity contribution < 1.29 is 73.8 Å². The standard InChI is InChI=1S/C3H10O9P2.Na.H/c4-1-3(5)2-11-14(9,10)12-13(6,7)8;;/h3-5H,1-2H2,(H,9,10)(H2,6,7,8);;/q;+1;-1. The SMILES string of the molecule is O=P(O)(O)OP(=O)(O)OCC(O)CO.[H-].[Na+]. The molecule has 12 heteroatoms. The van der Waals surface area contributed by atoms with Crippen LogP contribution in [0.5, 0.6) is 0 Å². The van der Waals surface area contributed by atoms with Crippen molar-refractivity contribution in [1.82, 2.24) is 0 Å². The first-order chi connectivity index (χ1) is 6.16. The molecule has 0 fully saturated rings. The van der Waals surface area contributed by atoms with Crippen LogP contribution in [0.2, 0.25) is 0 Å². The first-order valence-electron chi connectivity index (χ1n) is 3.19. The second kappa shape index (κ2) is 7.50. The number of hydrogen-bond acceptors (Lipinski definition) is 6. The summed E-state index contributed by atoms with van der Waals surface area (Å²) in [7, 11) is -10.1. The van der Waals surface area contributed by atoms with Crippen molar-refractivity contribution in [1.29, 1.82) is 0 Å². The van der Waals surface area contributed by atoms with Crippen LogP contribution in [-0.2, 0) is 18.0 Å². The molecular weight excluding hydrogens is 265 g/mol. The molecule has 0 heterocycles. The van der Waals surface area contributed by atoms with Crippen LogP contribution in [0.4, 0.5) is 0 Å². The molecule has 0 amide bonds. The molecule has 0 rings (SSSR count). The second-order valence-electron chi connectivity index (χ2n) is 2.17. The van der Waals surface area contributed by atoms with Gasteiger partial charge in [-0.1, -0.05) is 0 Å². The Hall–Kier alpha value is 1.18. The Kier molecular flexibility index (Phi) is 9.27. The molecular formula is C3H11NaO9P2. The zero-order valence-corrected chi connectivity index (χ0v) is 11.5. The summed E-state index contributed by atoms with van der Waals surface area (Å²) < 4.78 is 28.1. The molecule has 0 saturated heterocycles. The van der Waals surface area contributed by atoms with E-state index in [1.54, 1.807) is 0 Å². The summed E-state index contributed by atoms with van der Waals surface area (Å²) in [5.74, 6) is 0. The van der Waals surface area contributed by atoms with Gasteiger partial charge in [-0.05, 0) is 0 Å². The van der Waals surface area contributed by atoms with Crippen LogP contribution in [0.15, 0.2) is 0 Å². The fraction of sp³-hybridized carbons (Fsp3) is 1.00. The van der Waals surface area contributed by atoms with Gasteiger partial charge in [-0.25, -0.2) is 9.13 Å². The fourth-order valence-corrected chi connectivity index (χ4v) is 2.02. The minimum Gasteiger partial charge on any atom is -1.00 e. The molecule has 0 radical (unpaired) electrons. The van der Waals surface area contributed by atoms with E-state index in [4.69, 9.17) is 24.9 Å². The van der Waals surface area contributed by atoms with Crippen molar-refractivity contribution >= 4 is 15.6 Å². The van der Waals surface area contributed by atoms with Gasteiger partial charge in [0, 0.05) is 0 Å². The summed E-state index contributed by atoms with van der Waals surface area (Å²) in [5.41, 5.74) is 0. The third kappa shape index (κ3) is 11.4. The summed E-state index contributed by atoms with van der Waals surface area (Å²) >= 11 is 0. The molecule has 0 aromatic carbocycles. The Morgan fingerprint density at radius 2 is 1.73 bits per heavy atom. The zero-order valence-electron chi connectivity index (χ0n) is 8.76. The molecule has 0 aliphatic carbocycles. The summed E-state index contributed by atoms with van der Waals surface area (Å²) in [6.07, 6.45) is -1.43. The van der Waals surface area contributed by atoms with Gasteiger partial charge in [0.25, 0.3) is 0 Å². The van der Waals surface area contributed by atoms with Gasteiger partial charge in [-0.15, -0.1) is 0 Å². The molecule has 0 aliphatic rings. The van der Waals surface area contributed by atoms with Crippen LogP contribution < -0.4 is 29.6 Å². The van der Waals surface area contributed by atoms with Crippen LogP contribution in [0, 0.1) is 0 Å². The number of rotatable bonds is 6. The number of aliphatic hydroxyl groups excluding tert-OH is 2. The van der Waals surface area contributed by atoms with E-state index in [0.29, 0.717) is 0 Å². The fourth-order valence-electron chi connectivity index (χ4n) is 0.391. The molecule has 0 spiro atoms. The van der Waals surface area contributed by atoms with Crippen molar-refractivity contribution in [2.24, 2.45) is 0 Å². The largest absolute Gasteiger partial charge is 1.00 e. The monoisotopic (exact) mass is 276 g/mol. The zero-order chi connectivity index (χ0) is 11.4. The van der Waals surface area contributed by atoms with E-state index in [9.17, 15) is 9.13 Å². The quantitative estimate of drug-likeness (QED) is 0.239. The molecule has 88 valence electrons. The summed E-state index contributed by atoms with van der Waals surface area (Å²) in [6.45, 7) is -1.51. The van der Waals surface area contributed by atoms with Crippen molar-refractivity contribution in [3.8, 4) is 0 Å². The number of aliphatic hydroxyl groups is 2. The molecule has 0 bridgehead atoms. The molecule has 9 nitrogen and oxygen atoms in total. The van der Waals surface area contributed by atoms with Crippen LogP contribution >= 0.6 is 15.6 Å². The summed E-state index contributed by atoms with van der Waals surface area (Å²) in [4.78, 5) is 24.9. The predicted octanol–water partition coefficient (Wildman–Crippen LogP) is -4.32. The van der Waals surface area contributed by atoms with Crippen LogP contribution in [0.1, 0.15) is 1.43 Å². The third-order valence-corrected chi connectivity index (χ3v) is 3.00. The molecule has 5 N–H and O–H groups in total. The van der Waals surface area contributed by atoms with E-state index >= 15 is 0 Å². The van der Waals surface area contributed by atoms with Gasteiger partial charge in [0.2, 0.25) is 0 Å². The number of phosphoric ester groups is 1. The summed E-state index contributed by atoms with van der Waals surface area (Å²) in [6, 6.07) is 0. The Bertz CT molecular complexity index is 267. The molecule has 0 aromatic heterocycles. The van der Waals surface area contributed by atoms with Gasteiger partial charge in [0.1, 0.15) is 6.10 Å². The van der Waals surface area contributed by atoms with E-state index in [1.165, 1.54) is 0 Å². The molecule has 2 unspecified atom stereocenters. The van der Waals surface area contributed by atoms with Crippen molar-refractivity contribution in [2.45, 2.75) is 6.10 Å². The van der Waals surface area contributed by atoms with Gasteiger partial charge in [-0.2, -0.15) is 4.31 Å². The van der Waals surface area contributed by atoms with Gasteiger partial charge in [-0.3, -0.25) is 4.52 Å². The Morgan fingerprint density at radius 1 is 1.27 bits per heavy atom. The van der Waals surface area contributed by atoms with Gasteiger partial charge >= 0.3 is 45.2 Å². The molecule has 0 aliphatic heterocycles. The molecule has 2 atom stereocenters. The molecule has 15 heavy (non-hydrogen) atoms. The van der Waals surface area contributed by atoms with Crippen molar-refractivity contribution in [2.75, 3.05) is 13.2 Å². The van der Waals surface area contributed by atoms with Crippen LogP contribution in [-0.4, -0.2) is 44.2 Å². The third-order valence-electron chi connectivity index (χ3n) is 0.850. The first-order valence-corrected chi connectivity index (χ1v) is 6.22. The van der Waals surface area contributed by atoms with Crippen LogP contribution in [0.25, 0.3) is 0 Å². The summed E-state index contributed by atoms with van der Waals surface area (Å²) in [5, 5.41) is 16.9. The Balaban J connectivity index is -0.000000845. The predicted molar refractivity (Wildman–Crippen MR) is 43.1 cm³/mol. The van der Waals surface area contributed by atoms with Gasteiger partial charge in [0.05, 0.1) is 13.2 Å². The maximum absolute atomic E-state index is 10.7. The van der Waals surface area contributed by atoms with Gasteiger partial charge < -0.3 is 26.3 Å². The maximum atomic E-state index is 10.7. The van der Waals surface area contributed by atoms with Gasteiger partial charge in [0.15, 0.2) is 0 Å². The topological polar surface area (TPSA) is 154 Å². The minimum absolute atomic E-state index is 0. The Morgan fingerprint density at radius 3 is 2.07 bits per heavy atom. The second-order valence-corrected chi connectivity index (χ2v) is 5.00. The van der Waals surface area contributed by atoms with E-state index < -0.39 is 35.0 Å². The van der Waals surface area contributed by atoms with E-state index in [2.05, 4.69) is 8.83 Å². The number of hydrogen-bond donors (Lipinski definition) is 5. The van der Waals surface area contributed by atoms with E-state index in [0.717, 1.165) is 0 Å². The van der Waals surface area contributed by atoms with E-state index in [-0.39, 0.29) is 31.0 Å². The smallest absolute Gasteiger partial charge is 1.00 e. The van der Waals surface area contributed by atoms with Crippen LogP contribution in [0.3, 0.4) is 0 Å². The number of phosphoric acid groups is 2. The maximum Gasteiger partial charge on any atom is 1.00 e.